The highest BCUT2D eigenvalue weighted by Gasteiger charge is 2.18. The Hall–Kier alpha value is -1.81. The molecule has 0 saturated carbocycles. The summed E-state index contributed by atoms with van der Waals surface area (Å²) in [5.74, 6) is 0.0876. The molecule has 0 atom stereocenters. The van der Waals surface area contributed by atoms with E-state index in [1.54, 1.807) is 6.92 Å². The quantitative estimate of drug-likeness (QED) is 0.797. The molecule has 0 fully saturated rings. The number of fused-ring (bicyclic) bond motifs is 3. The first kappa shape index (κ1) is 12.2. The minimum Gasteiger partial charge on any atom is -0.284 e. The van der Waals surface area contributed by atoms with Crippen LogP contribution in [-0.2, 0) is 16.4 Å². The number of rotatable bonds is 3. The van der Waals surface area contributed by atoms with Crippen LogP contribution in [0.25, 0.3) is 11.1 Å². The van der Waals surface area contributed by atoms with E-state index in [1.807, 2.05) is 30.3 Å². The van der Waals surface area contributed by atoms with E-state index >= 15 is 0 Å². The number of hydrogen-bond acceptors (Lipinski definition) is 2. The van der Waals surface area contributed by atoms with E-state index < -0.39 is 10.0 Å². The zero-order valence-electron chi connectivity index (χ0n) is 10.7. The molecule has 0 unspecified atom stereocenters. The van der Waals surface area contributed by atoms with E-state index in [-0.39, 0.29) is 5.75 Å². The fourth-order valence-corrected chi connectivity index (χ4v) is 3.09. The summed E-state index contributed by atoms with van der Waals surface area (Å²) in [6.07, 6.45) is 0.868. The van der Waals surface area contributed by atoms with Gasteiger partial charge in [-0.2, -0.15) is 0 Å². The zero-order chi connectivity index (χ0) is 13.5. The Morgan fingerprint density at radius 2 is 1.79 bits per heavy atom. The molecule has 0 amide bonds. The van der Waals surface area contributed by atoms with Gasteiger partial charge >= 0.3 is 0 Å². The van der Waals surface area contributed by atoms with Crippen molar-refractivity contribution in [3.8, 4) is 11.1 Å². The maximum Gasteiger partial charge on any atom is 0.232 e. The molecule has 0 bridgehead atoms. The molecule has 2 aromatic carbocycles. The average molecular weight is 273 g/mol. The lowest BCUT2D eigenvalue weighted by atomic mass is 10.1. The summed E-state index contributed by atoms with van der Waals surface area (Å²) in [5.41, 5.74) is 5.58. The Bertz CT molecular complexity index is 736. The third-order valence-corrected chi connectivity index (χ3v) is 4.75. The fourth-order valence-electron chi connectivity index (χ4n) is 2.46. The topological polar surface area (TPSA) is 46.2 Å². The Labute approximate surface area is 113 Å². The second-order valence-electron chi connectivity index (χ2n) is 4.71. The molecule has 4 heteroatoms. The third-order valence-electron chi connectivity index (χ3n) is 3.45. The van der Waals surface area contributed by atoms with Gasteiger partial charge in [0.25, 0.3) is 0 Å². The maximum absolute atomic E-state index is 11.6. The van der Waals surface area contributed by atoms with Crippen molar-refractivity contribution in [3.05, 3.63) is 53.6 Å². The molecule has 1 aliphatic rings. The zero-order valence-corrected chi connectivity index (χ0v) is 11.5. The Morgan fingerprint density at radius 3 is 2.58 bits per heavy atom. The van der Waals surface area contributed by atoms with Crippen LogP contribution in [0.3, 0.4) is 0 Å². The minimum absolute atomic E-state index is 0.0876. The number of nitrogens with one attached hydrogen (secondary N) is 1. The summed E-state index contributed by atoms with van der Waals surface area (Å²) in [6.45, 7) is 1.63. The van der Waals surface area contributed by atoms with Gasteiger partial charge in [0.05, 0.1) is 5.75 Å². The van der Waals surface area contributed by atoms with E-state index in [0.29, 0.717) is 5.69 Å². The van der Waals surface area contributed by atoms with Gasteiger partial charge in [-0.15, -0.1) is 0 Å². The van der Waals surface area contributed by atoms with E-state index in [2.05, 4.69) is 16.9 Å². The Morgan fingerprint density at radius 1 is 1.05 bits per heavy atom. The van der Waals surface area contributed by atoms with Gasteiger partial charge in [-0.05, 0) is 47.7 Å². The molecule has 0 aliphatic heterocycles. The molecule has 19 heavy (non-hydrogen) atoms. The van der Waals surface area contributed by atoms with Gasteiger partial charge in [-0.1, -0.05) is 30.3 Å². The molecule has 1 aliphatic carbocycles. The summed E-state index contributed by atoms with van der Waals surface area (Å²) >= 11 is 0. The Kier molecular flexibility index (Phi) is 2.82. The van der Waals surface area contributed by atoms with Crippen LogP contribution in [-0.4, -0.2) is 14.2 Å². The monoisotopic (exact) mass is 273 g/mol. The van der Waals surface area contributed by atoms with Crippen molar-refractivity contribution in [2.24, 2.45) is 0 Å². The highest BCUT2D eigenvalue weighted by molar-refractivity contribution is 7.92. The molecule has 3 rings (SSSR count). The van der Waals surface area contributed by atoms with Crippen LogP contribution < -0.4 is 4.72 Å². The molecular weight excluding hydrogens is 258 g/mol. The van der Waals surface area contributed by atoms with Gasteiger partial charge < -0.3 is 0 Å². The predicted molar refractivity (Wildman–Crippen MR) is 77.8 cm³/mol. The molecule has 1 N–H and O–H groups in total. The first-order valence-corrected chi connectivity index (χ1v) is 7.96. The van der Waals surface area contributed by atoms with Crippen LogP contribution in [0.1, 0.15) is 18.1 Å². The smallest absolute Gasteiger partial charge is 0.232 e. The average Bonchev–Trinajstić information content (AvgIpc) is 2.75. The van der Waals surface area contributed by atoms with Crippen LogP contribution in [0.15, 0.2) is 42.5 Å². The molecule has 0 radical (unpaired) electrons. The third kappa shape index (κ3) is 2.24. The molecule has 0 aromatic heterocycles. The van der Waals surface area contributed by atoms with Gasteiger partial charge in [0, 0.05) is 5.69 Å². The van der Waals surface area contributed by atoms with Gasteiger partial charge in [0.15, 0.2) is 0 Å². The lowest BCUT2D eigenvalue weighted by molar-refractivity contribution is 0.602. The second-order valence-corrected chi connectivity index (χ2v) is 6.72. The molecule has 0 saturated heterocycles. The van der Waals surface area contributed by atoms with E-state index in [9.17, 15) is 8.42 Å². The number of anilines is 1. The van der Waals surface area contributed by atoms with Crippen molar-refractivity contribution in [1.82, 2.24) is 0 Å². The van der Waals surface area contributed by atoms with Crippen molar-refractivity contribution < 1.29 is 8.42 Å². The molecule has 3 nitrogen and oxygen atoms in total. The van der Waals surface area contributed by atoms with E-state index in [1.165, 1.54) is 22.3 Å². The first-order valence-electron chi connectivity index (χ1n) is 6.31. The van der Waals surface area contributed by atoms with E-state index in [0.717, 1.165) is 6.42 Å². The number of sulfonamides is 1. The fraction of sp³-hybridized carbons (Fsp3) is 0.200. The highest BCUT2D eigenvalue weighted by atomic mass is 32.2. The maximum atomic E-state index is 11.6. The first-order chi connectivity index (χ1) is 9.09. The molecule has 0 spiro atoms. The van der Waals surface area contributed by atoms with Gasteiger partial charge in [-0.25, -0.2) is 8.42 Å². The standard InChI is InChI=1S/C15H15NO2S/c1-2-19(17,18)16-13-7-8-15-12(10-13)9-11-5-3-4-6-14(11)15/h3-8,10,16H,2,9H2,1H3. The van der Waals surface area contributed by atoms with Crippen LogP contribution in [0.2, 0.25) is 0 Å². The Balaban J connectivity index is 1.98. The van der Waals surface area contributed by atoms with Crippen molar-refractivity contribution >= 4 is 15.7 Å². The van der Waals surface area contributed by atoms with Gasteiger partial charge in [0.2, 0.25) is 10.0 Å². The number of hydrogen-bond donors (Lipinski definition) is 1. The van der Waals surface area contributed by atoms with Crippen molar-refractivity contribution in [3.63, 3.8) is 0 Å². The van der Waals surface area contributed by atoms with Crippen molar-refractivity contribution in [1.29, 1.82) is 0 Å². The summed E-state index contributed by atoms with van der Waals surface area (Å²) in [4.78, 5) is 0. The van der Waals surface area contributed by atoms with Crippen LogP contribution in [0.4, 0.5) is 5.69 Å². The van der Waals surface area contributed by atoms with Gasteiger partial charge in [-0.3, -0.25) is 4.72 Å². The minimum atomic E-state index is -3.21. The SMILES string of the molecule is CCS(=O)(=O)Nc1ccc2c(c1)Cc1ccccc1-2. The van der Waals surface area contributed by atoms with Crippen molar-refractivity contribution in [2.45, 2.75) is 13.3 Å². The molecular formula is C15H15NO2S. The predicted octanol–water partition coefficient (Wildman–Crippen LogP) is 3.02. The second kappa shape index (κ2) is 4.38. The molecule has 98 valence electrons. The lowest BCUT2D eigenvalue weighted by Gasteiger charge is -2.08. The van der Waals surface area contributed by atoms with Gasteiger partial charge in [0.1, 0.15) is 0 Å². The summed E-state index contributed by atoms with van der Waals surface area (Å²) in [5, 5.41) is 0. The van der Waals surface area contributed by atoms with E-state index in [4.69, 9.17) is 0 Å². The lowest BCUT2D eigenvalue weighted by Crippen LogP contribution is -2.14. The van der Waals surface area contributed by atoms with Crippen LogP contribution >= 0.6 is 0 Å². The largest absolute Gasteiger partial charge is 0.284 e. The number of benzene rings is 2. The molecule has 0 heterocycles. The van der Waals surface area contributed by atoms with Crippen LogP contribution in [0, 0.1) is 0 Å². The molecule has 2 aromatic rings. The normalized spacial score (nSPS) is 12.9. The van der Waals surface area contributed by atoms with Crippen molar-refractivity contribution in [2.75, 3.05) is 10.5 Å². The van der Waals surface area contributed by atoms with Crippen LogP contribution in [0.5, 0.6) is 0 Å². The highest BCUT2D eigenvalue weighted by Crippen LogP contribution is 2.37. The summed E-state index contributed by atoms with van der Waals surface area (Å²) < 4.78 is 25.7. The summed E-state index contributed by atoms with van der Waals surface area (Å²) in [7, 11) is -3.21. The summed E-state index contributed by atoms with van der Waals surface area (Å²) in [6, 6.07) is 14.0.